The van der Waals surface area contributed by atoms with E-state index in [1.165, 1.54) is 19.2 Å². The van der Waals surface area contributed by atoms with Crippen LogP contribution in [0.5, 0.6) is 0 Å². The number of carbonyl (C=O) groups is 1. The Morgan fingerprint density at radius 1 is 1.42 bits per heavy atom. The smallest absolute Gasteiger partial charge is 0.431 e. The van der Waals surface area contributed by atoms with Crippen LogP contribution in [0.25, 0.3) is 10.9 Å². The summed E-state index contributed by atoms with van der Waals surface area (Å²) in [6.07, 6.45) is -5.25. The predicted octanol–water partition coefficient (Wildman–Crippen LogP) is 3.59. The fraction of sp³-hybridized carbons (Fsp3) is 0.250. The molecule has 1 aromatic carbocycles. The van der Waals surface area contributed by atoms with Gasteiger partial charge in [-0.3, -0.25) is 4.79 Å². The molecule has 0 saturated carbocycles. The van der Waals surface area contributed by atoms with Crippen molar-refractivity contribution in [2.45, 2.75) is 12.6 Å². The molecule has 0 atom stereocenters. The molecule has 0 radical (unpaired) electrons. The molecule has 3 nitrogen and oxygen atoms in total. The van der Waals surface area contributed by atoms with Crippen molar-refractivity contribution < 1.29 is 23.1 Å². The minimum Gasteiger partial charge on any atom is -0.481 e. The van der Waals surface area contributed by atoms with Crippen molar-refractivity contribution in [3.05, 3.63) is 33.9 Å². The van der Waals surface area contributed by atoms with E-state index in [4.69, 9.17) is 5.11 Å². The first kappa shape index (κ1) is 13.9. The molecule has 1 aromatic heterocycles. The van der Waals surface area contributed by atoms with Gasteiger partial charge in [-0.25, -0.2) is 0 Å². The van der Waals surface area contributed by atoms with E-state index in [0.29, 0.717) is 15.4 Å². The summed E-state index contributed by atoms with van der Waals surface area (Å²) in [7, 11) is 1.28. The number of rotatable bonds is 2. The second-order valence-electron chi connectivity index (χ2n) is 4.12. The van der Waals surface area contributed by atoms with E-state index in [0.717, 1.165) is 4.57 Å². The fourth-order valence-corrected chi connectivity index (χ4v) is 2.53. The van der Waals surface area contributed by atoms with Gasteiger partial charge >= 0.3 is 12.1 Å². The van der Waals surface area contributed by atoms with Gasteiger partial charge < -0.3 is 9.67 Å². The number of halogens is 4. The first-order chi connectivity index (χ1) is 8.71. The lowest BCUT2D eigenvalue weighted by Gasteiger charge is -2.10. The number of alkyl halides is 3. The van der Waals surface area contributed by atoms with Gasteiger partial charge in [0.15, 0.2) is 0 Å². The third-order valence-corrected chi connectivity index (χ3v) is 3.36. The minimum atomic E-state index is -4.59. The van der Waals surface area contributed by atoms with Gasteiger partial charge in [0.2, 0.25) is 0 Å². The molecule has 2 rings (SSSR count). The second-order valence-corrected chi connectivity index (χ2v) is 5.03. The summed E-state index contributed by atoms with van der Waals surface area (Å²) >= 11 is 3.19. The summed E-state index contributed by atoms with van der Waals surface area (Å²) in [5.41, 5.74) is -0.772. The molecule has 1 heterocycles. The van der Waals surface area contributed by atoms with E-state index >= 15 is 0 Å². The molecule has 0 aliphatic heterocycles. The Morgan fingerprint density at radius 2 is 2.05 bits per heavy atom. The van der Waals surface area contributed by atoms with Crippen molar-refractivity contribution >= 4 is 32.8 Å². The summed E-state index contributed by atoms with van der Waals surface area (Å²) in [6.45, 7) is 0. The molecule has 0 saturated heterocycles. The van der Waals surface area contributed by atoms with Crippen LogP contribution < -0.4 is 0 Å². The first-order valence-electron chi connectivity index (χ1n) is 5.27. The molecule has 0 aliphatic rings. The van der Waals surface area contributed by atoms with Crippen molar-refractivity contribution in [2.75, 3.05) is 0 Å². The van der Waals surface area contributed by atoms with Gasteiger partial charge in [0.05, 0.1) is 6.42 Å². The van der Waals surface area contributed by atoms with Gasteiger partial charge in [0, 0.05) is 28.0 Å². The number of aliphatic carboxylic acids is 1. The summed E-state index contributed by atoms with van der Waals surface area (Å²) in [5.74, 6) is -1.29. The number of hydrogen-bond donors (Lipinski definition) is 1. The monoisotopic (exact) mass is 335 g/mol. The van der Waals surface area contributed by atoms with Crippen LogP contribution in [0.4, 0.5) is 13.2 Å². The van der Waals surface area contributed by atoms with Crippen LogP contribution in [-0.2, 0) is 24.4 Å². The van der Waals surface area contributed by atoms with Crippen LogP contribution in [-0.4, -0.2) is 15.6 Å². The third-order valence-electron chi connectivity index (χ3n) is 2.86. The SMILES string of the molecule is Cn1c(C(F)(F)F)c(CC(=O)O)c2ccc(Br)cc21. The molecule has 0 unspecified atom stereocenters. The van der Waals surface area contributed by atoms with Gasteiger partial charge in [-0.15, -0.1) is 0 Å². The molecule has 0 bridgehead atoms. The Morgan fingerprint density at radius 3 is 2.58 bits per heavy atom. The first-order valence-corrected chi connectivity index (χ1v) is 6.07. The number of carboxylic acid groups (broad SMARTS) is 1. The quantitative estimate of drug-likeness (QED) is 0.911. The third kappa shape index (κ3) is 2.47. The number of fused-ring (bicyclic) bond motifs is 1. The number of nitrogens with zero attached hydrogens (tertiary/aromatic N) is 1. The van der Waals surface area contributed by atoms with Gasteiger partial charge in [0.1, 0.15) is 5.69 Å². The maximum atomic E-state index is 13.1. The van der Waals surface area contributed by atoms with E-state index in [-0.39, 0.29) is 5.56 Å². The second kappa shape index (κ2) is 4.56. The zero-order chi connectivity index (χ0) is 14.4. The van der Waals surface area contributed by atoms with Crippen LogP contribution in [0.15, 0.2) is 22.7 Å². The molecule has 0 fully saturated rings. The average Bonchev–Trinajstić information content (AvgIpc) is 2.50. The molecular weight excluding hydrogens is 327 g/mol. The zero-order valence-electron chi connectivity index (χ0n) is 9.75. The molecule has 0 amide bonds. The van der Waals surface area contributed by atoms with Gasteiger partial charge in [-0.05, 0) is 12.1 Å². The molecule has 7 heteroatoms. The Balaban J connectivity index is 2.84. The Hall–Kier alpha value is -1.50. The highest BCUT2D eigenvalue weighted by molar-refractivity contribution is 9.10. The van der Waals surface area contributed by atoms with Gasteiger partial charge in [0.25, 0.3) is 0 Å². The van der Waals surface area contributed by atoms with Crippen molar-refractivity contribution in [3.8, 4) is 0 Å². The summed E-state index contributed by atoms with van der Waals surface area (Å²) < 4.78 is 40.8. The molecule has 0 spiro atoms. The Labute approximate surface area is 114 Å². The number of aryl methyl sites for hydroxylation is 1. The average molecular weight is 336 g/mol. The van der Waals surface area contributed by atoms with Crippen LogP contribution in [0, 0.1) is 0 Å². The molecule has 102 valence electrons. The van der Waals surface area contributed by atoms with Crippen molar-refractivity contribution in [3.63, 3.8) is 0 Å². The van der Waals surface area contributed by atoms with Gasteiger partial charge in [-0.2, -0.15) is 13.2 Å². The lowest BCUT2D eigenvalue weighted by Crippen LogP contribution is -2.15. The Bertz CT molecular complexity index is 661. The van der Waals surface area contributed by atoms with E-state index in [2.05, 4.69) is 15.9 Å². The van der Waals surface area contributed by atoms with Gasteiger partial charge in [-0.1, -0.05) is 22.0 Å². The number of hydrogen-bond acceptors (Lipinski definition) is 1. The van der Waals surface area contributed by atoms with E-state index < -0.39 is 24.3 Å². The molecular formula is C12H9BrF3NO2. The molecule has 1 N–H and O–H groups in total. The van der Waals surface area contributed by atoms with Crippen LogP contribution >= 0.6 is 15.9 Å². The number of benzene rings is 1. The predicted molar refractivity (Wildman–Crippen MR) is 67.0 cm³/mol. The Kier molecular flexibility index (Phi) is 3.34. The van der Waals surface area contributed by atoms with Crippen LogP contribution in [0.1, 0.15) is 11.3 Å². The fourth-order valence-electron chi connectivity index (χ4n) is 2.18. The standard InChI is InChI=1S/C12H9BrF3NO2/c1-17-9-4-6(13)2-3-7(9)8(5-10(18)19)11(17)12(14,15)16/h2-4H,5H2,1H3,(H,18,19). The lowest BCUT2D eigenvalue weighted by atomic mass is 10.1. The van der Waals surface area contributed by atoms with Crippen LogP contribution in [0.3, 0.4) is 0 Å². The molecule has 0 aliphatic carbocycles. The van der Waals surface area contributed by atoms with E-state index in [1.54, 1.807) is 6.07 Å². The molecule has 19 heavy (non-hydrogen) atoms. The minimum absolute atomic E-state index is 0.204. The maximum absolute atomic E-state index is 13.1. The highest BCUT2D eigenvalue weighted by Crippen LogP contribution is 2.38. The highest BCUT2D eigenvalue weighted by Gasteiger charge is 2.38. The number of carboxylic acids is 1. The van der Waals surface area contributed by atoms with E-state index in [1.807, 2.05) is 0 Å². The zero-order valence-corrected chi connectivity index (χ0v) is 11.3. The number of aromatic nitrogens is 1. The lowest BCUT2D eigenvalue weighted by molar-refractivity contribution is -0.144. The van der Waals surface area contributed by atoms with Crippen molar-refractivity contribution in [2.24, 2.45) is 7.05 Å². The topological polar surface area (TPSA) is 42.2 Å². The normalized spacial score (nSPS) is 12.1. The summed E-state index contributed by atoms with van der Waals surface area (Å²) in [6, 6.07) is 4.62. The summed E-state index contributed by atoms with van der Waals surface area (Å²) in [5, 5.41) is 9.10. The van der Waals surface area contributed by atoms with E-state index in [9.17, 15) is 18.0 Å². The van der Waals surface area contributed by atoms with Crippen molar-refractivity contribution in [1.82, 2.24) is 4.57 Å². The van der Waals surface area contributed by atoms with Crippen LogP contribution in [0.2, 0.25) is 0 Å². The maximum Gasteiger partial charge on any atom is 0.431 e. The largest absolute Gasteiger partial charge is 0.481 e. The van der Waals surface area contributed by atoms with Crippen molar-refractivity contribution in [1.29, 1.82) is 0 Å². The summed E-state index contributed by atoms with van der Waals surface area (Å²) in [4.78, 5) is 10.8. The molecule has 2 aromatic rings. The highest BCUT2D eigenvalue weighted by atomic mass is 79.9.